The molecule has 2 aromatic carbocycles. The number of carbonyl (C=O) groups excluding carboxylic acids is 3. The molecular formula is C20H18N4O5. The van der Waals surface area contributed by atoms with Crippen molar-refractivity contribution >= 4 is 23.6 Å². The number of rotatable bonds is 6. The predicted molar refractivity (Wildman–Crippen MR) is 104 cm³/mol. The second-order valence-electron chi connectivity index (χ2n) is 5.80. The zero-order chi connectivity index (χ0) is 20.6. The summed E-state index contributed by atoms with van der Waals surface area (Å²) in [6.45, 7) is -0.588. The summed E-state index contributed by atoms with van der Waals surface area (Å²) in [5.41, 5.74) is 1.53. The third-order valence-electron chi connectivity index (χ3n) is 3.81. The standard InChI is InChI=1S/C20H18N4O5/c1-28-17-9-5-15(6-10-17)22-20(27)23-18(25)13-29-19(26)14-3-7-16(8-4-14)24-12-2-11-21-24/h2-12H,13H2,1H3,(H2,22,23,25,27). The number of hydrogen-bond donors (Lipinski definition) is 2. The van der Waals surface area contributed by atoms with E-state index in [9.17, 15) is 14.4 Å². The van der Waals surface area contributed by atoms with Crippen LogP contribution in [0.1, 0.15) is 10.4 Å². The van der Waals surface area contributed by atoms with Crippen LogP contribution in [0, 0.1) is 0 Å². The largest absolute Gasteiger partial charge is 0.497 e. The fraction of sp³-hybridized carbons (Fsp3) is 0.100. The molecule has 0 bridgehead atoms. The van der Waals surface area contributed by atoms with Crippen molar-refractivity contribution in [3.63, 3.8) is 0 Å². The maximum atomic E-state index is 12.0. The average Bonchev–Trinajstić information content (AvgIpc) is 3.27. The number of hydrogen-bond acceptors (Lipinski definition) is 6. The van der Waals surface area contributed by atoms with Crippen LogP contribution in [0.25, 0.3) is 5.69 Å². The van der Waals surface area contributed by atoms with Gasteiger partial charge in [-0.1, -0.05) is 0 Å². The van der Waals surface area contributed by atoms with E-state index in [0.717, 1.165) is 5.69 Å². The van der Waals surface area contributed by atoms with Gasteiger partial charge >= 0.3 is 12.0 Å². The highest BCUT2D eigenvalue weighted by atomic mass is 16.5. The Balaban J connectivity index is 1.45. The highest BCUT2D eigenvalue weighted by Crippen LogP contribution is 2.14. The van der Waals surface area contributed by atoms with Crippen molar-refractivity contribution in [2.24, 2.45) is 0 Å². The molecule has 3 rings (SSSR count). The van der Waals surface area contributed by atoms with E-state index in [4.69, 9.17) is 9.47 Å². The minimum atomic E-state index is -0.752. The predicted octanol–water partition coefficient (Wildman–Crippen LogP) is 2.39. The van der Waals surface area contributed by atoms with Crippen LogP contribution in [0.15, 0.2) is 67.0 Å². The van der Waals surface area contributed by atoms with E-state index in [1.54, 1.807) is 71.7 Å². The number of nitrogens with zero attached hydrogens (tertiary/aromatic N) is 2. The summed E-state index contributed by atoms with van der Waals surface area (Å²) in [5, 5.41) is 8.66. The molecule has 1 heterocycles. The maximum Gasteiger partial charge on any atom is 0.338 e. The summed E-state index contributed by atoms with van der Waals surface area (Å²) in [6, 6.07) is 14.1. The molecule has 0 fully saturated rings. The Morgan fingerprint density at radius 3 is 2.38 bits per heavy atom. The number of benzene rings is 2. The number of esters is 1. The fourth-order valence-corrected chi connectivity index (χ4v) is 2.39. The van der Waals surface area contributed by atoms with Gasteiger partial charge in [0.2, 0.25) is 0 Å². The second-order valence-corrected chi connectivity index (χ2v) is 5.80. The van der Waals surface area contributed by atoms with E-state index < -0.39 is 24.5 Å². The number of methoxy groups -OCH3 is 1. The SMILES string of the molecule is COc1ccc(NC(=O)NC(=O)COC(=O)c2ccc(-n3cccn3)cc2)cc1. The van der Waals surface area contributed by atoms with Gasteiger partial charge in [0.25, 0.3) is 5.91 Å². The van der Waals surface area contributed by atoms with Crippen LogP contribution in [0.4, 0.5) is 10.5 Å². The van der Waals surface area contributed by atoms with Crippen LogP contribution < -0.4 is 15.4 Å². The molecule has 0 spiro atoms. The lowest BCUT2D eigenvalue weighted by molar-refractivity contribution is -0.123. The van der Waals surface area contributed by atoms with E-state index in [-0.39, 0.29) is 5.56 Å². The van der Waals surface area contributed by atoms with Gasteiger partial charge in [-0.05, 0) is 54.6 Å². The van der Waals surface area contributed by atoms with E-state index in [1.807, 2.05) is 0 Å². The number of urea groups is 1. The second kappa shape index (κ2) is 9.18. The van der Waals surface area contributed by atoms with Crippen molar-refractivity contribution in [3.8, 4) is 11.4 Å². The molecule has 0 saturated carbocycles. The Morgan fingerprint density at radius 2 is 1.76 bits per heavy atom. The summed E-state index contributed by atoms with van der Waals surface area (Å²) < 4.78 is 11.6. The monoisotopic (exact) mass is 394 g/mol. The quantitative estimate of drug-likeness (QED) is 0.621. The van der Waals surface area contributed by atoms with Gasteiger partial charge in [-0.3, -0.25) is 10.1 Å². The van der Waals surface area contributed by atoms with Crippen molar-refractivity contribution in [2.75, 3.05) is 19.0 Å². The minimum absolute atomic E-state index is 0.274. The molecule has 0 aliphatic carbocycles. The van der Waals surface area contributed by atoms with Gasteiger partial charge in [-0.2, -0.15) is 5.10 Å². The lowest BCUT2D eigenvalue weighted by Crippen LogP contribution is -2.37. The Bertz CT molecular complexity index is 983. The van der Waals surface area contributed by atoms with Gasteiger partial charge in [0.1, 0.15) is 5.75 Å². The summed E-state index contributed by atoms with van der Waals surface area (Å²) in [4.78, 5) is 35.7. The number of amides is 3. The maximum absolute atomic E-state index is 12.0. The van der Waals surface area contributed by atoms with Gasteiger partial charge in [-0.15, -0.1) is 0 Å². The highest BCUT2D eigenvalue weighted by molar-refractivity contribution is 6.02. The summed E-state index contributed by atoms with van der Waals surface area (Å²) >= 11 is 0. The third kappa shape index (κ3) is 5.42. The number of aromatic nitrogens is 2. The lowest BCUT2D eigenvalue weighted by Gasteiger charge is -2.08. The van der Waals surface area contributed by atoms with Crippen LogP contribution in [0.5, 0.6) is 5.75 Å². The van der Waals surface area contributed by atoms with Crippen molar-refractivity contribution in [3.05, 3.63) is 72.6 Å². The van der Waals surface area contributed by atoms with Crippen LogP contribution >= 0.6 is 0 Å². The summed E-state index contributed by atoms with van der Waals surface area (Å²) in [7, 11) is 1.53. The average molecular weight is 394 g/mol. The van der Waals surface area contributed by atoms with Crippen LogP contribution in [-0.2, 0) is 9.53 Å². The Hall–Kier alpha value is -4.14. The topological polar surface area (TPSA) is 112 Å². The summed E-state index contributed by atoms with van der Waals surface area (Å²) in [5.74, 6) is -0.795. The van der Waals surface area contributed by atoms with Gasteiger partial charge in [0.05, 0.1) is 18.4 Å². The smallest absolute Gasteiger partial charge is 0.338 e. The van der Waals surface area contributed by atoms with Crippen LogP contribution in [-0.4, -0.2) is 41.4 Å². The number of carbonyl (C=O) groups is 3. The number of imide groups is 1. The molecule has 0 unspecified atom stereocenters. The Labute approximate surface area is 166 Å². The van der Waals surface area contributed by atoms with E-state index in [2.05, 4.69) is 15.7 Å². The van der Waals surface area contributed by atoms with Crippen LogP contribution in [0.3, 0.4) is 0 Å². The van der Waals surface area contributed by atoms with Gasteiger partial charge in [0.15, 0.2) is 6.61 Å². The number of nitrogens with one attached hydrogen (secondary N) is 2. The Morgan fingerprint density at radius 1 is 1.03 bits per heavy atom. The molecular weight excluding hydrogens is 376 g/mol. The molecule has 0 aliphatic heterocycles. The first-order valence-corrected chi connectivity index (χ1v) is 8.57. The van der Waals surface area contributed by atoms with Crippen molar-refractivity contribution < 1.29 is 23.9 Å². The van der Waals surface area contributed by atoms with E-state index in [1.165, 1.54) is 7.11 Å². The van der Waals surface area contributed by atoms with Gasteiger partial charge in [0, 0.05) is 18.1 Å². The van der Waals surface area contributed by atoms with Crippen molar-refractivity contribution in [1.82, 2.24) is 15.1 Å². The van der Waals surface area contributed by atoms with Gasteiger partial charge < -0.3 is 14.8 Å². The molecule has 2 N–H and O–H groups in total. The molecule has 9 heteroatoms. The first kappa shape index (κ1) is 19.6. The molecule has 3 aromatic rings. The summed E-state index contributed by atoms with van der Waals surface area (Å²) in [6.07, 6.45) is 3.42. The minimum Gasteiger partial charge on any atom is -0.497 e. The Kier molecular flexibility index (Phi) is 6.21. The number of ether oxygens (including phenoxy) is 2. The molecule has 0 saturated heterocycles. The zero-order valence-corrected chi connectivity index (χ0v) is 15.5. The number of anilines is 1. The van der Waals surface area contributed by atoms with E-state index in [0.29, 0.717) is 11.4 Å². The fourth-order valence-electron chi connectivity index (χ4n) is 2.39. The highest BCUT2D eigenvalue weighted by Gasteiger charge is 2.13. The van der Waals surface area contributed by atoms with E-state index >= 15 is 0 Å². The lowest BCUT2D eigenvalue weighted by atomic mass is 10.2. The molecule has 148 valence electrons. The third-order valence-corrected chi connectivity index (χ3v) is 3.81. The van der Waals surface area contributed by atoms with Crippen molar-refractivity contribution in [1.29, 1.82) is 0 Å². The zero-order valence-electron chi connectivity index (χ0n) is 15.5. The molecule has 0 radical (unpaired) electrons. The molecule has 0 atom stereocenters. The first-order chi connectivity index (χ1) is 14.0. The molecule has 0 aliphatic rings. The molecule has 1 aromatic heterocycles. The van der Waals surface area contributed by atoms with Crippen LogP contribution in [0.2, 0.25) is 0 Å². The molecule has 29 heavy (non-hydrogen) atoms. The molecule has 3 amide bonds. The first-order valence-electron chi connectivity index (χ1n) is 8.57. The normalized spacial score (nSPS) is 10.1. The molecule has 9 nitrogen and oxygen atoms in total. The van der Waals surface area contributed by atoms with Gasteiger partial charge in [-0.25, -0.2) is 14.3 Å². The van der Waals surface area contributed by atoms with Crippen molar-refractivity contribution in [2.45, 2.75) is 0 Å².